The third-order valence-electron chi connectivity index (χ3n) is 3.81. The predicted molar refractivity (Wildman–Crippen MR) is 83.2 cm³/mol. The third-order valence-corrected chi connectivity index (χ3v) is 5.11. The summed E-state index contributed by atoms with van der Waals surface area (Å²) in [6.45, 7) is 2.79. The van der Waals surface area contributed by atoms with E-state index >= 15 is 0 Å². The average Bonchev–Trinajstić information content (AvgIpc) is 2.47. The summed E-state index contributed by atoms with van der Waals surface area (Å²) < 4.78 is 26.0. The molecule has 22 heavy (non-hydrogen) atoms. The van der Waals surface area contributed by atoms with Gasteiger partial charge in [-0.05, 0) is 12.1 Å². The molecule has 1 fully saturated rings. The Morgan fingerprint density at radius 1 is 1.18 bits per heavy atom. The summed E-state index contributed by atoms with van der Waals surface area (Å²) in [6.07, 6.45) is 2.92. The van der Waals surface area contributed by atoms with E-state index < -0.39 is 10.0 Å². The van der Waals surface area contributed by atoms with Crippen molar-refractivity contribution in [1.29, 1.82) is 0 Å². The van der Waals surface area contributed by atoms with Crippen molar-refractivity contribution in [2.24, 2.45) is 0 Å². The highest BCUT2D eigenvalue weighted by Gasteiger charge is 2.23. The van der Waals surface area contributed by atoms with Gasteiger partial charge < -0.3 is 0 Å². The molecule has 0 bridgehead atoms. The molecule has 118 valence electrons. The molecule has 8 heteroatoms. The monoisotopic (exact) mass is 322 g/mol. The number of hydrogen-bond acceptors (Lipinski definition) is 5. The molecule has 3 rings (SSSR count). The normalized spacial score (nSPS) is 17.9. The van der Waals surface area contributed by atoms with Crippen molar-refractivity contribution in [1.82, 2.24) is 18.6 Å². The summed E-state index contributed by atoms with van der Waals surface area (Å²) >= 11 is 0. The van der Waals surface area contributed by atoms with Crippen molar-refractivity contribution in [3.63, 3.8) is 0 Å². The summed E-state index contributed by atoms with van der Waals surface area (Å²) in [4.78, 5) is 18.6. The van der Waals surface area contributed by atoms with E-state index in [1.165, 1.54) is 21.0 Å². The van der Waals surface area contributed by atoms with E-state index in [9.17, 15) is 13.2 Å². The summed E-state index contributed by atoms with van der Waals surface area (Å²) in [6, 6.07) is 6.97. The molecule has 0 unspecified atom stereocenters. The molecule has 1 aliphatic rings. The Morgan fingerprint density at radius 3 is 2.59 bits per heavy atom. The van der Waals surface area contributed by atoms with Crippen LogP contribution < -0.4 is 5.56 Å². The van der Waals surface area contributed by atoms with E-state index in [-0.39, 0.29) is 5.56 Å². The van der Waals surface area contributed by atoms with Gasteiger partial charge in [-0.3, -0.25) is 14.1 Å². The van der Waals surface area contributed by atoms with Crippen LogP contribution in [-0.2, 0) is 16.6 Å². The lowest BCUT2D eigenvalue weighted by atomic mass is 10.3. The van der Waals surface area contributed by atoms with E-state index in [4.69, 9.17) is 0 Å². The van der Waals surface area contributed by atoms with Crippen LogP contribution in [0.4, 0.5) is 0 Å². The molecule has 3 heterocycles. The lowest BCUT2D eigenvalue weighted by Crippen LogP contribution is -2.48. The minimum absolute atomic E-state index is 0.102. The van der Waals surface area contributed by atoms with E-state index in [2.05, 4.69) is 9.88 Å². The standard InChI is InChI=1S/C14H18N4O3S/c1-22(20,21)17-8-6-16(7-9-17)11-12-10-14(19)18-5-3-2-4-13(18)15-12/h2-5,10H,6-9,11H2,1H3. The summed E-state index contributed by atoms with van der Waals surface area (Å²) in [7, 11) is -3.12. The number of aromatic nitrogens is 2. The summed E-state index contributed by atoms with van der Waals surface area (Å²) in [5.41, 5.74) is 1.24. The second-order valence-electron chi connectivity index (χ2n) is 5.45. The molecule has 1 saturated heterocycles. The zero-order valence-electron chi connectivity index (χ0n) is 12.3. The maximum Gasteiger partial charge on any atom is 0.258 e. The summed E-state index contributed by atoms with van der Waals surface area (Å²) in [5.74, 6) is 0. The maximum atomic E-state index is 12.0. The Kier molecular flexibility index (Phi) is 3.98. The van der Waals surface area contributed by atoms with E-state index in [1.54, 1.807) is 18.3 Å². The Bertz CT molecular complexity index is 839. The SMILES string of the molecule is CS(=O)(=O)N1CCN(Cc2cc(=O)n3ccccc3n2)CC1. The van der Waals surface area contributed by atoms with Gasteiger partial charge in [0.1, 0.15) is 5.65 Å². The lowest BCUT2D eigenvalue weighted by Gasteiger charge is -2.32. The smallest absolute Gasteiger partial charge is 0.258 e. The topological polar surface area (TPSA) is 75.0 Å². The zero-order chi connectivity index (χ0) is 15.7. The first-order chi connectivity index (χ1) is 10.4. The fourth-order valence-corrected chi connectivity index (χ4v) is 3.46. The number of hydrogen-bond donors (Lipinski definition) is 0. The molecule has 2 aromatic heterocycles. The number of pyridine rings is 1. The quantitative estimate of drug-likeness (QED) is 0.780. The van der Waals surface area contributed by atoms with Crippen LogP contribution >= 0.6 is 0 Å². The van der Waals surface area contributed by atoms with E-state index in [0.717, 1.165) is 0 Å². The minimum Gasteiger partial charge on any atom is -0.295 e. The predicted octanol–water partition coefficient (Wildman–Crippen LogP) is -0.228. The maximum absolute atomic E-state index is 12.0. The van der Waals surface area contributed by atoms with E-state index in [0.29, 0.717) is 44.1 Å². The Hall–Kier alpha value is -1.77. The fourth-order valence-electron chi connectivity index (χ4n) is 2.63. The highest BCUT2D eigenvalue weighted by molar-refractivity contribution is 7.88. The van der Waals surface area contributed by atoms with Gasteiger partial charge in [-0.25, -0.2) is 13.4 Å². The van der Waals surface area contributed by atoms with Gasteiger partial charge in [-0.15, -0.1) is 0 Å². The first-order valence-corrected chi connectivity index (χ1v) is 8.93. The first-order valence-electron chi connectivity index (χ1n) is 7.08. The molecule has 1 aliphatic heterocycles. The van der Waals surface area contributed by atoms with Crippen LogP contribution in [0.3, 0.4) is 0 Å². The number of rotatable bonds is 3. The van der Waals surface area contributed by atoms with Crippen molar-refractivity contribution in [3.05, 3.63) is 46.5 Å². The largest absolute Gasteiger partial charge is 0.295 e. The van der Waals surface area contributed by atoms with Gasteiger partial charge in [-0.2, -0.15) is 4.31 Å². The second-order valence-corrected chi connectivity index (χ2v) is 7.44. The highest BCUT2D eigenvalue weighted by atomic mass is 32.2. The Balaban J connectivity index is 1.74. The zero-order valence-corrected chi connectivity index (χ0v) is 13.2. The van der Waals surface area contributed by atoms with Crippen molar-refractivity contribution in [2.75, 3.05) is 32.4 Å². The van der Waals surface area contributed by atoms with Crippen molar-refractivity contribution in [2.45, 2.75) is 6.54 Å². The van der Waals surface area contributed by atoms with Crippen LogP contribution in [0.1, 0.15) is 5.69 Å². The van der Waals surface area contributed by atoms with Crippen LogP contribution in [0, 0.1) is 0 Å². The van der Waals surface area contributed by atoms with Crippen LogP contribution in [0.15, 0.2) is 35.3 Å². The van der Waals surface area contributed by atoms with Gasteiger partial charge in [-0.1, -0.05) is 6.07 Å². The molecule has 0 spiro atoms. The molecule has 2 aromatic rings. The average molecular weight is 322 g/mol. The molecular formula is C14H18N4O3S. The Labute approximate surface area is 128 Å². The second kappa shape index (κ2) is 5.79. The molecule has 0 aliphatic carbocycles. The molecule has 0 atom stereocenters. The molecule has 0 N–H and O–H groups in total. The van der Waals surface area contributed by atoms with Crippen molar-refractivity contribution < 1.29 is 8.42 Å². The van der Waals surface area contributed by atoms with Crippen molar-refractivity contribution in [3.8, 4) is 0 Å². The molecule has 7 nitrogen and oxygen atoms in total. The molecular weight excluding hydrogens is 304 g/mol. The molecule has 0 amide bonds. The first kappa shape index (κ1) is 15.1. The van der Waals surface area contributed by atoms with Gasteiger partial charge in [0, 0.05) is 45.0 Å². The fraction of sp³-hybridized carbons (Fsp3) is 0.429. The third kappa shape index (κ3) is 3.18. The van der Waals surface area contributed by atoms with Gasteiger partial charge in [0.15, 0.2) is 0 Å². The van der Waals surface area contributed by atoms with Gasteiger partial charge in [0.2, 0.25) is 10.0 Å². The van der Waals surface area contributed by atoms with Gasteiger partial charge >= 0.3 is 0 Å². The van der Waals surface area contributed by atoms with E-state index in [1.807, 2.05) is 6.07 Å². The Morgan fingerprint density at radius 2 is 1.91 bits per heavy atom. The lowest BCUT2D eigenvalue weighted by molar-refractivity contribution is 0.180. The minimum atomic E-state index is -3.12. The number of nitrogens with zero attached hydrogens (tertiary/aromatic N) is 4. The van der Waals surface area contributed by atoms with Crippen LogP contribution in [-0.4, -0.2) is 59.4 Å². The van der Waals surface area contributed by atoms with Crippen molar-refractivity contribution >= 4 is 15.7 Å². The molecule has 0 aromatic carbocycles. The van der Waals surface area contributed by atoms with Crippen LogP contribution in [0.2, 0.25) is 0 Å². The molecule has 0 saturated carbocycles. The summed E-state index contributed by atoms with van der Waals surface area (Å²) in [5, 5.41) is 0. The van der Waals surface area contributed by atoms with Crippen LogP contribution in [0.5, 0.6) is 0 Å². The van der Waals surface area contributed by atoms with Crippen LogP contribution in [0.25, 0.3) is 5.65 Å². The highest BCUT2D eigenvalue weighted by Crippen LogP contribution is 2.09. The van der Waals surface area contributed by atoms with Gasteiger partial charge in [0.05, 0.1) is 11.9 Å². The number of piperazine rings is 1. The van der Waals surface area contributed by atoms with Gasteiger partial charge in [0.25, 0.3) is 5.56 Å². The number of fused-ring (bicyclic) bond motifs is 1. The number of sulfonamides is 1. The molecule has 0 radical (unpaired) electrons.